The molecule has 5 nitrogen and oxygen atoms in total. The van der Waals surface area contributed by atoms with Crippen LogP contribution in [-0.2, 0) is 10.0 Å². The second-order valence-corrected chi connectivity index (χ2v) is 6.89. The van der Waals surface area contributed by atoms with Crippen molar-refractivity contribution in [2.24, 2.45) is 0 Å². The summed E-state index contributed by atoms with van der Waals surface area (Å²) in [6, 6.07) is 12.5. The van der Waals surface area contributed by atoms with Gasteiger partial charge in [0.2, 0.25) is 10.0 Å². The van der Waals surface area contributed by atoms with Crippen LogP contribution >= 0.6 is 0 Å². The predicted octanol–water partition coefficient (Wildman–Crippen LogP) is 3.07. The number of nitrogens with zero attached hydrogens (tertiary/aromatic N) is 3. The Morgan fingerprint density at radius 2 is 1.36 bits per heavy atom. The highest BCUT2D eigenvalue weighted by atomic mass is 32.2. The Labute approximate surface area is 132 Å². The molecule has 118 valence electrons. The lowest BCUT2D eigenvalue weighted by atomic mass is 10.2. The SMILES string of the molecule is N#CCCCCN(CCCCC#N)S(=O)(=O)c1ccccc1. The third kappa shape index (κ3) is 5.85. The van der Waals surface area contributed by atoms with Crippen LogP contribution in [0.5, 0.6) is 0 Å². The molecular weight excluding hydrogens is 298 g/mol. The van der Waals surface area contributed by atoms with Gasteiger partial charge in [-0.1, -0.05) is 18.2 Å². The van der Waals surface area contributed by atoms with Crippen molar-refractivity contribution < 1.29 is 8.42 Å². The molecule has 0 N–H and O–H groups in total. The number of benzene rings is 1. The van der Waals surface area contributed by atoms with Crippen molar-refractivity contribution in [3.8, 4) is 12.1 Å². The predicted molar refractivity (Wildman–Crippen MR) is 84.1 cm³/mol. The molecule has 0 atom stereocenters. The van der Waals surface area contributed by atoms with Crippen LogP contribution in [0, 0.1) is 22.7 Å². The molecule has 0 unspecified atom stereocenters. The largest absolute Gasteiger partial charge is 0.243 e. The van der Waals surface area contributed by atoms with Gasteiger partial charge in [0.15, 0.2) is 0 Å². The van der Waals surface area contributed by atoms with E-state index in [9.17, 15) is 8.42 Å². The molecule has 0 aliphatic rings. The zero-order valence-electron chi connectivity index (χ0n) is 12.6. The third-order valence-corrected chi connectivity index (χ3v) is 5.19. The minimum Gasteiger partial charge on any atom is -0.207 e. The van der Waals surface area contributed by atoms with Gasteiger partial charge in [-0.2, -0.15) is 14.8 Å². The van der Waals surface area contributed by atoms with Gasteiger partial charge in [0.25, 0.3) is 0 Å². The molecule has 1 aromatic carbocycles. The summed E-state index contributed by atoms with van der Waals surface area (Å²) in [7, 11) is -3.51. The summed E-state index contributed by atoms with van der Waals surface area (Å²) in [6.45, 7) is 0.816. The van der Waals surface area contributed by atoms with E-state index in [0.717, 1.165) is 0 Å². The molecule has 0 spiro atoms. The standard InChI is InChI=1S/C16H21N3O2S/c17-12-6-2-8-14-19(15-9-3-7-13-18)22(20,21)16-10-4-1-5-11-16/h1,4-5,10-11H,2-3,6-9,14-15H2. The van der Waals surface area contributed by atoms with Crippen LogP contribution in [-0.4, -0.2) is 25.8 Å². The molecule has 0 fully saturated rings. The van der Waals surface area contributed by atoms with Crippen LogP contribution in [0.3, 0.4) is 0 Å². The van der Waals surface area contributed by atoms with Crippen LogP contribution in [0.1, 0.15) is 38.5 Å². The molecule has 1 rings (SSSR count). The van der Waals surface area contributed by atoms with Crippen molar-refractivity contribution in [3.63, 3.8) is 0 Å². The van der Waals surface area contributed by atoms with Gasteiger partial charge in [0.05, 0.1) is 17.0 Å². The van der Waals surface area contributed by atoms with E-state index >= 15 is 0 Å². The topological polar surface area (TPSA) is 85.0 Å². The molecule has 1 aromatic rings. The molecule has 0 bridgehead atoms. The Morgan fingerprint density at radius 3 is 1.82 bits per heavy atom. The average Bonchev–Trinajstić information content (AvgIpc) is 2.54. The fourth-order valence-electron chi connectivity index (χ4n) is 2.08. The maximum Gasteiger partial charge on any atom is 0.243 e. The van der Waals surface area contributed by atoms with Crippen LogP contribution in [0.25, 0.3) is 0 Å². The molecule has 0 saturated carbocycles. The summed E-state index contributed by atoms with van der Waals surface area (Å²) in [5.41, 5.74) is 0. The number of nitriles is 2. The summed E-state index contributed by atoms with van der Waals surface area (Å²) >= 11 is 0. The first-order valence-corrected chi connectivity index (χ1v) is 8.86. The van der Waals surface area contributed by atoms with Crippen molar-refractivity contribution in [3.05, 3.63) is 30.3 Å². The minimum absolute atomic E-state index is 0.288. The first-order valence-electron chi connectivity index (χ1n) is 7.42. The second-order valence-electron chi connectivity index (χ2n) is 4.95. The van der Waals surface area contributed by atoms with Crippen LogP contribution < -0.4 is 0 Å². The molecule has 22 heavy (non-hydrogen) atoms. The molecule has 0 aliphatic heterocycles. The first kappa shape index (κ1) is 18.2. The summed E-state index contributed by atoms with van der Waals surface area (Å²) < 4.78 is 26.8. The average molecular weight is 319 g/mol. The van der Waals surface area contributed by atoms with E-state index in [1.807, 2.05) is 0 Å². The van der Waals surface area contributed by atoms with Gasteiger partial charge in [-0.05, 0) is 37.8 Å². The molecule has 0 aliphatic carbocycles. The van der Waals surface area contributed by atoms with Crippen molar-refractivity contribution in [2.45, 2.75) is 43.4 Å². The fourth-order valence-corrected chi connectivity index (χ4v) is 3.62. The molecule has 0 heterocycles. The molecule has 6 heteroatoms. The van der Waals surface area contributed by atoms with E-state index in [-0.39, 0.29) is 4.90 Å². The van der Waals surface area contributed by atoms with Gasteiger partial charge in [-0.15, -0.1) is 0 Å². The van der Waals surface area contributed by atoms with Gasteiger partial charge >= 0.3 is 0 Å². The Bertz CT molecular complexity index is 593. The molecule has 0 amide bonds. The van der Waals surface area contributed by atoms with Gasteiger partial charge in [-0.3, -0.25) is 0 Å². The molecule has 0 saturated heterocycles. The smallest absolute Gasteiger partial charge is 0.207 e. The zero-order valence-corrected chi connectivity index (χ0v) is 13.4. The van der Waals surface area contributed by atoms with Crippen molar-refractivity contribution in [1.29, 1.82) is 10.5 Å². The Hall–Kier alpha value is -1.89. The highest BCUT2D eigenvalue weighted by molar-refractivity contribution is 7.89. The van der Waals surface area contributed by atoms with E-state index < -0.39 is 10.0 Å². The van der Waals surface area contributed by atoms with Crippen LogP contribution in [0.15, 0.2) is 35.2 Å². The van der Waals surface area contributed by atoms with Crippen molar-refractivity contribution in [1.82, 2.24) is 4.31 Å². The lowest BCUT2D eigenvalue weighted by Gasteiger charge is -2.22. The minimum atomic E-state index is -3.51. The van der Waals surface area contributed by atoms with E-state index in [4.69, 9.17) is 10.5 Å². The summed E-state index contributed by atoms with van der Waals surface area (Å²) in [4.78, 5) is 0.288. The first-order chi connectivity index (χ1) is 10.6. The Balaban J connectivity index is 2.75. The Morgan fingerprint density at radius 1 is 0.864 bits per heavy atom. The molecule has 0 aromatic heterocycles. The number of hydrogen-bond donors (Lipinski definition) is 0. The van der Waals surface area contributed by atoms with Gasteiger partial charge in [0, 0.05) is 25.9 Å². The van der Waals surface area contributed by atoms with Gasteiger partial charge in [0.1, 0.15) is 0 Å². The van der Waals surface area contributed by atoms with E-state index in [2.05, 4.69) is 12.1 Å². The van der Waals surface area contributed by atoms with E-state index in [1.165, 1.54) is 4.31 Å². The zero-order chi connectivity index (χ0) is 16.3. The van der Waals surface area contributed by atoms with Crippen LogP contribution in [0.2, 0.25) is 0 Å². The van der Waals surface area contributed by atoms with Gasteiger partial charge in [-0.25, -0.2) is 8.42 Å². The number of sulfonamides is 1. The number of unbranched alkanes of at least 4 members (excludes halogenated alkanes) is 4. The maximum atomic E-state index is 12.7. The Kier molecular flexibility index (Phi) is 8.21. The summed E-state index contributed by atoms with van der Waals surface area (Å²) in [5.74, 6) is 0. The number of rotatable bonds is 10. The third-order valence-electron chi connectivity index (χ3n) is 3.27. The lowest BCUT2D eigenvalue weighted by molar-refractivity contribution is 0.391. The van der Waals surface area contributed by atoms with E-state index in [0.29, 0.717) is 51.6 Å². The molecular formula is C16H21N3O2S. The quantitative estimate of drug-likeness (QED) is 0.620. The van der Waals surface area contributed by atoms with E-state index in [1.54, 1.807) is 30.3 Å². The monoisotopic (exact) mass is 319 g/mol. The normalized spacial score (nSPS) is 11.0. The lowest BCUT2D eigenvalue weighted by Crippen LogP contribution is -2.33. The van der Waals surface area contributed by atoms with Crippen LogP contribution in [0.4, 0.5) is 0 Å². The van der Waals surface area contributed by atoms with Crippen molar-refractivity contribution in [2.75, 3.05) is 13.1 Å². The summed E-state index contributed by atoms with van der Waals surface area (Å²) in [6.07, 6.45) is 3.59. The second kappa shape index (κ2) is 9.94. The van der Waals surface area contributed by atoms with Crippen molar-refractivity contribution >= 4 is 10.0 Å². The highest BCUT2D eigenvalue weighted by Crippen LogP contribution is 2.17. The highest BCUT2D eigenvalue weighted by Gasteiger charge is 2.23. The summed E-state index contributed by atoms with van der Waals surface area (Å²) in [5, 5.41) is 17.1. The number of hydrogen-bond acceptors (Lipinski definition) is 4. The maximum absolute atomic E-state index is 12.7. The molecule has 0 radical (unpaired) electrons. The fraction of sp³-hybridized carbons (Fsp3) is 0.500. The van der Waals surface area contributed by atoms with Gasteiger partial charge < -0.3 is 0 Å².